The van der Waals surface area contributed by atoms with E-state index in [9.17, 15) is 13.2 Å². The van der Waals surface area contributed by atoms with E-state index in [1.807, 2.05) is 67.6 Å². The van der Waals surface area contributed by atoms with Gasteiger partial charge in [-0.1, -0.05) is 60.7 Å². The van der Waals surface area contributed by atoms with Crippen molar-refractivity contribution < 1.29 is 13.2 Å². The van der Waals surface area contributed by atoms with Gasteiger partial charge in [0.2, 0.25) is 10.0 Å². The number of hydrogen-bond acceptors (Lipinski definition) is 3. The van der Waals surface area contributed by atoms with E-state index < -0.39 is 15.6 Å². The summed E-state index contributed by atoms with van der Waals surface area (Å²) in [7, 11) is -3.24. The average Bonchev–Trinajstić information content (AvgIpc) is 3.14. The highest BCUT2D eigenvalue weighted by Crippen LogP contribution is 2.30. The van der Waals surface area contributed by atoms with Crippen molar-refractivity contribution in [2.24, 2.45) is 0 Å². The maximum atomic E-state index is 13.1. The lowest BCUT2D eigenvalue weighted by Gasteiger charge is -2.32. The van der Waals surface area contributed by atoms with Crippen molar-refractivity contribution in [1.29, 1.82) is 0 Å². The van der Waals surface area contributed by atoms with Crippen LogP contribution in [0.25, 0.3) is 0 Å². The highest BCUT2D eigenvalue weighted by atomic mass is 32.2. The summed E-state index contributed by atoms with van der Waals surface area (Å²) in [6.07, 6.45) is 0.622. The first kappa shape index (κ1) is 20.2. The van der Waals surface area contributed by atoms with Crippen LogP contribution in [-0.4, -0.2) is 26.6 Å². The minimum Gasteiger partial charge on any atom is -0.339 e. The van der Waals surface area contributed by atoms with Gasteiger partial charge in [0.15, 0.2) is 0 Å². The van der Waals surface area contributed by atoms with Gasteiger partial charge in [-0.05, 0) is 48.7 Å². The van der Waals surface area contributed by atoms with E-state index in [4.69, 9.17) is 0 Å². The number of amides is 1. The molecule has 0 aromatic heterocycles. The van der Waals surface area contributed by atoms with E-state index in [-0.39, 0.29) is 11.7 Å². The number of rotatable bonds is 5. The van der Waals surface area contributed by atoms with Crippen LogP contribution in [0, 0.1) is 0 Å². The highest BCUT2D eigenvalue weighted by Gasteiger charge is 2.31. The molecule has 154 valence electrons. The van der Waals surface area contributed by atoms with Crippen molar-refractivity contribution in [3.63, 3.8) is 0 Å². The fourth-order valence-electron chi connectivity index (χ4n) is 3.86. The minimum absolute atomic E-state index is 0.168. The molecule has 0 unspecified atom stereocenters. The van der Waals surface area contributed by atoms with E-state index in [0.29, 0.717) is 24.2 Å². The molecule has 1 heterocycles. The molecule has 0 radical (unpaired) electrons. The van der Waals surface area contributed by atoms with Crippen LogP contribution < -0.4 is 9.62 Å². The Bertz CT molecular complexity index is 1090. The lowest BCUT2D eigenvalue weighted by Crippen LogP contribution is -2.44. The molecule has 0 saturated carbocycles. The van der Waals surface area contributed by atoms with Gasteiger partial charge in [-0.15, -0.1) is 0 Å². The van der Waals surface area contributed by atoms with Gasteiger partial charge in [0, 0.05) is 12.1 Å². The molecular formula is C24H24N2O3S. The monoisotopic (exact) mass is 420 g/mol. The van der Waals surface area contributed by atoms with Gasteiger partial charge in [0.05, 0.1) is 17.0 Å². The van der Waals surface area contributed by atoms with Crippen LogP contribution in [0.15, 0.2) is 84.9 Å². The Morgan fingerprint density at radius 1 is 0.867 bits per heavy atom. The van der Waals surface area contributed by atoms with Crippen LogP contribution in [0.4, 0.5) is 5.69 Å². The van der Waals surface area contributed by atoms with E-state index in [2.05, 4.69) is 5.32 Å². The molecule has 1 saturated heterocycles. The summed E-state index contributed by atoms with van der Waals surface area (Å²) < 4.78 is 25.7. The molecule has 5 nitrogen and oxygen atoms in total. The lowest BCUT2D eigenvalue weighted by atomic mass is 9.84. The zero-order valence-corrected chi connectivity index (χ0v) is 17.6. The van der Waals surface area contributed by atoms with E-state index >= 15 is 0 Å². The summed E-state index contributed by atoms with van der Waals surface area (Å²) in [5, 5.41) is 3.18. The molecule has 0 bridgehead atoms. The minimum atomic E-state index is -3.24. The topological polar surface area (TPSA) is 66.5 Å². The molecule has 0 aliphatic carbocycles. The van der Waals surface area contributed by atoms with Gasteiger partial charge in [-0.2, -0.15) is 0 Å². The number of anilines is 1. The van der Waals surface area contributed by atoms with Crippen molar-refractivity contribution in [2.45, 2.75) is 18.9 Å². The Labute approximate surface area is 177 Å². The van der Waals surface area contributed by atoms with Crippen LogP contribution in [-0.2, 0) is 15.6 Å². The number of hydrogen-bond donors (Lipinski definition) is 1. The second kappa shape index (κ2) is 7.95. The summed E-state index contributed by atoms with van der Waals surface area (Å²) >= 11 is 0. The van der Waals surface area contributed by atoms with Gasteiger partial charge in [0.25, 0.3) is 5.91 Å². The zero-order chi connectivity index (χ0) is 21.2. The molecule has 1 N–H and O–H groups in total. The summed E-state index contributed by atoms with van der Waals surface area (Å²) in [6, 6.07) is 26.4. The van der Waals surface area contributed by atoms with E-state index in [0.717, 1.165) is 11.1 Å². The molecule has 30 heavy (non-hydrogen) atoms. The predicted molar refractivity (Wildman–Crippen MR) is 119 cm³/mol. The number of carbonyl (C=O) groups excluding carboxylic acids is 1. The number of carbonyl (C=O) groups is 1. The second-order valence-corrected chi connectivity index (χ2v) is 9.61. The maximum Gasteiger partial charge on any atom is 0.252 e. The standard InChI is InChI=1S/C24H24N2O3S/c1-24(20-9-4-2-5-10-20,21-11-6-3-7-12-21)25-23(27)19-13-15-22(16-14-19)26-17-8-18-30(26,28)29/h2-7,9-16H,8,17-18H2,1H3,(H,25,27). The molecule has 1 amide bonds. The van der Waals surface area contributed by atoms with Crippen LogP contribution in [0.3, 0.4) is 0 Å². The average molecular weight is 421 g/mol. The van der Waals surface area contributed by atoms with Crippen molar-refractivity contribution in [1.82, 2.24) is 5.32 Å². The smallest absolute Gasteiger partial charge is 0.252 e. The quantitative estimate of drug-likeness (QED) is 0.680. The number of nitrogens with one attached hydrogen (secondary N) is 1. The third kappa shape index (κ3) is 3.83. The Morgan fingerprint density at radius 2 is 1.40 bits per heavy atom. The molecule has 0 atom stereocenters. The fraction of sp³-hybridized carbons (Fsp3) is 0.208. The first-order chi connectivity index (χ1) is 14.4. The van der Waals surface area contributed by atoms with Crippen molar-refractivity contribution in [3.05, 3.63) is 102 Å². The fourth-order valence-corrected chi connectivity index (χ4v) is 5.43. The Balaban J connectivity index is 1.62. The zero-order valence-electron chi connectivity index (χ0n) is 16.8. The number of sulfonamides is 1. The van der Waals surface area contributed by atoms with Crippen LogP contribution in [0.5, 0.6) is 0 Å². The summed E-state index contributed by atoms with van der Waals surface area (Å²) in [4.78, 5) is 13.1. The van der Waals surface area contributed by atoms with Gasteiger partial charge >= 0.3 is 0 Å². The van der Waals surface area contributed by atoms with E-state index in [1.54, 1.807) is 24.3 Å². The normalized spacial score (nSPS) is 15.7. The molecule has 6 heteroatoms. The Morgan fingerprint density at radius 3 is 1.87 bits per heavy atom. The molecule has 3 aromatic carbocycles. The molecule has 3 aromatic rings. The number of benzene rings is 3. The first-order valence-corrected chi connectivity index (χ1v) is 11.6. The largest absolute Gasteiger partial charge is 0.339 e. The summed E-state index contributed by atoms with van der Waals surface area (Å²) in [5.41, 5.74) is 2.32. The molecule has 4 rings (SSSR count). The van der Waals surface area contributed by atoms with Crippen LogP contribution in [0.2, 0.25) is 0 Å². The van der Waals surface area contributed by atoms with Crippen molar-refractivity contribution in [2.75, 3.05) is 16.6 Å². The lowest BCUT2D eigenvalue weighted by molar-refractivity contribution is 0.0919. The van der Waals surface area contributed by atoms with Gasteiger partial charge in [0.1, 0.15) is 0 Å². The third-order valence-corrected chi connectivity index (χ3v) is 7.45. The molecule has 1 fully saturated rings. The molecule has 1 aliphatic rings. The molecular weight excluding hydrogens is 396 g/mol. The van der Waals surface area contributed by atoms with Gasteiger partial charge in [-0.3, -0.25) is 9.10 Å². The predicted octanol–water partition coefficient (Wildman–Crippen LogP) is 3.92. The highest BCUT2D eigenvalue weighted by molar-refractivity contribution is 7.93. The van der Waals surface area contributed by atoms with Crippen LogP contribution in [0.1, 0.15) is 34.8 Å². The SMILES string of the molecule is CC(NC(=O)c1ccc(N2CCCS2(=O)=O)cc1)(c1ccccc1)c1ccccc1. The first-order valence-electron chi connectivity index (χ1n) is 9.94. The van der Waals surface area contributed by atoms with E-state index in [1.165, 1.54) is 4.31 Å². The Kier molecular flexibility index (Phi) is 5.35. The van der Waals surface area contributed by atoms with Crippen LogP contribution >= 0.6 is 0 Å². The summed E-state index contributed by atoms with van der Waals surface area (Å²) in [6.45, 7) is 2.47. The van der Waals surface area contributed by atoms with Crippen molar-refractivity contribution in [3.8, 4) is 0 Å². The molecule has 1 aliphatic heterocycles. The van der Waals surface area contributed by atoms with Crippen molar-refractivity contribution >= 4 is 21.6 Å². The molecule has 0 spiro atoms. The maximum absolute atomic E-state index is 13.1. The third-order valence-electron chi connectivity index (χ3n) is 5.58. The second-order valence-electron chi connectivity index (χ2n) is 7.60. The summed E-state index contributed by atoms with van der Waals surface area (Å²) in [5.74, 6) is -0.0529. The van der Waals surface area contributed by atoms with Gasteiger partial charge < -0.3 is 5.32 Å². The van der Waals surface area contributed by atoms with Gasteiger partial charge in [-0.25, -0.2) is 8.42 Å². The Hall–Kier alpha value is -3.12. The number of nitrogens with zero attached hydrogens (tertiary/aromatic N) is 1.